The molecular weight excluding hydrogens is 678 g/mol. The molecule has 5 aromatic rings. The Balaban J connectivity index is 1.39. The van der Waals surface area contributed by atoms with E-state index in [0.29, 0.717) is 22.6 Å². The lowest BCUT2D eigenvalue weighted by Gasteiger charge is -2.37. The van der Waals surface area contributed by atoms with Crippen molar-refractivity contribution in [3.05, 3.63) is 154 Å². The Bertz CT molecular complexity index is 2010. The molecule has 0 bridgehead atoms. The first-order valence-corrected chi connectivity index (χ1v) is 17.1. The average molecular weight is 722 g/mol. The number of benzene rings is 4. The highest BCUT2D eigenvalue weighted by Gasteiger charge is 2.60. The summed E-state index contributed by atoms with van der Waals surface area (Å²) in [6.45, 7) is 2.99. The molecule has 53 heavy (non-hydrogen) atoms. The maximum Gasteiger partial charge on any atom is 0.351 e. The van der Waals surface area contributed by atoms with E-state index < -0.39 is 47.3 Å². The summed E-state index contributed by atoms with van der Waals surface area (Å²) in [6, 6.07) is 33.1. The maximum absolute atomic E-state index is 13.6. The Morgan fingerprint density at radius 1 is 0.887 bits per heavy atom. The second-order valence-corrected chi connectivity index (χ2v) is 12.8. The fraction of sp³-hybridized carbons (Fsp3) is 0.293. The topological polar surface area (TPSA) is 151 Å². The van der Waals surface area contributed by atoms with Crippen LogP contribution in [0, 0.1) is 6.92 Å². The van der Waals surface area contributed by atoms with Crippen LogP contribution in [0.2, 0.25) is 0 Å². The number of aliphatic hydroxyl groups is 2. The highest BCUT2D eigenvalue weighted by molar-refractivity contribution is 6.04. The molecule has 1 unspecified atom stereocenters. The normalized spacial score (nSPS) is 20.5. The van der Waals surface area contributed by atoms with E-state index in [9.17, 15) is 19.8 Å². The third-order valence-corrected chi connectivity index (χ3v) is 9.82. The van der Waals surface area contributed by atoms with Gasteiger partial charge < -0.3 is 39.2 Å². The highest BCUT2D eigenvalue weighted by Crippen LogP contribution is 2.45. The number of aliphatic hydroxyl groups excluding tert-OH is 1. The number of carbonyl (C=O) groups excluding carboxylic acids is 1. The van der Waals surface area contributed by atoms with Crippen molar-refractivity contribution in [3.8, 4) is 11.5 Å². The third kappa shape index (κ3) is 7.07. The number of hydrogen-bond donors (Lipinski definition) is 3. The monoisotopic (exact) mass is 721 g/mol. The van der Waals surface area contributed by atoms with Gasteiger partial charge in [-0.3, -0.25) is 9.36 Å². The number of ether oxygens (including phenoxy) is 5. The largest absolute Gasteiger partial charge is 0.497 e. The summed E-state index contributed by atoms with van der Waals surface area (Å²) in [4.78, 5) is 30.6. The predicted molar refractivity (Wildman–Crippen MR) is 197 cm³/mol. The van der Waals surface area contributed by atoms with Crippen molar-refractivity contribution in [1.29, 1.82) is 0 Å². The van der Waals surface area contributed by atoms with Crippen molar-refractivity contribution in [3.63, 3.8) is 0 Å². The molecule has 1 aliphatic heterocycles. The number of methoxy groups -OCH3 is 3. The molecule has 1 fully saturated rings. The van der Waals surface area contributed by atoms with Gasteiger partial charge in [0.2, 0.25) is 0 Å². The number of nitrogens with zero attached hydrogens (tertiary/aromatic N) is 2. The van der Waals surface area contributed by atoms with Gasteiger partial charge in [-0.05, 0) is 66.9 Å². The number of carbonyl (C=O) groups is 1. The fourth-order valence-corrected chi connectivity index (χ4v) is 6.75. The van der Waals surface area contributed by atoms with Gasteiger partial charge in [-0.1, -0.05) is 72.8 Å². The summed E-state index contributed by atoms with van der Waals surface area (Å²) < 4.78 is 30.9. The van der Waals surface area contributed by atoms with Crippen LogP contribution in [-0.4, -0.2) is 77.5 Å². The zero-order chi connectivity index (χ0) is 37.8. The van der Waals surface area contributed by atoms with Crippen LogP contribution >= 0.6 is 0 Å². The van der Waals surface area contributed by atoms with Crippen LogP contribution in [0.3, 0.4) is 0 Å². The smallest absolute Gasteiger partial charge is 0.351 e. The van der Waals surface area contributed by atoms with E-state index in [0.717, 1.165) is 21.3 Å². The lowest BCUT2D eigenvalue weighted by atomic mass is 9.80. The van der Waals surface area contributed by atoms with E-state index in [1.807, 2.05) is 78.9 Å². The van der Waals surface area contributed by atoms with Crippen molar-refractivity contribution in [2.24, 2.45) is 0 Å². The van der Waals surface area contributed by atoms with E-state index in [-0.39, 0.29) is 12.4 Å². The van der Waals surface area contributed by atoms with Crippen LogP contribution in [0.5, 0.6) is 11.5 Å². The molecule has 4 aromatic carbocycles. The van der Waals surface area contributed by atoms with Gasteiger partial charge in [0.15, 0.2) is 11.8 Å². The summed E-state index contributed by atoms with van der Waals surface area (Å²) in [6.07, 6.45) is -3.79. The van der Waals surface area contributed by atoms with Crippen LogP contribution in [0.25, 0.3) is 0 Å². The predicted octanol–water partition coefficient (Wildman–Crippen LogP) is 4.85. The van der Waals surface area contributed by atoms with Gasteiger partial charge in [-0.15, -0.1) is 0 Å². The summed E-state index contributed by atoms with van der Waals surface area (Å²) in [5.41, 5.74) is -1.11. The minimum Gasteiger partial charge on any atom is -0.497 e. The lowest BCUT2D eigenvalue weighted by molar-refractivity contribution is -0.175. The van der Waals surface area contributed by atoms with Gasteiger partial charge in [0.05, 0.1) is 26.9 Å². The van der Waals surface area contributed by atoms with Crippen LogP contribution < -0.4 is 20.5 Å². The van der Waals surface area contributed by atoms with E-state index in [1.165, 1.54) is 13.3 Å². The van der Waals surface area contributed by atoms with Crippen molar-refractivity contribution in [2.45, 2.75) is 49.6 Å². The quantitative estimate of drug-likeness (QED) is 0.144. The van der Waals surface area contributed by atoms with Gasteiger partial charge in [0.1, 0.15) is 35.1 Å². The molecule has 12 nitrogen and oxygen atoms in total. The first-order valence-electron chi connectivity index (χ1n) is 17.1. The van der Waals surface area contributed by atoms with Gasteiger partial charge >= 0.3 is 5.69 Å². The fourth-order valence-electron chi connectivity index (χ4n) is 6.75. The molecule has 0 aliphatic carbocycles. The molecule has 0 radical (unpaired) electrons. The molecule has 0 saturated carbocycles. The number of amides is 1. The first kappa shape index (κ1) is 37.4. The molecule has 0 spiro atoms. The minimum absolute atomic E-state index is 0.0495. The molecule has 2 heterocycles. The van der Waals surface area contributed by atoms with Crippen LogP contribution in [0.4, 0.5) is 5.82 Å². The van der Waals surface area contributed by atoms with Gasteiger partial charge in [-0.2, -0.15) is 4.98 Å². The Morgan fingerprint density at radius 3 is 1.94 bits per heavy atom. The summed E-state index contributed by atoms with van der Waals surface area (Å²) in [5, 5.41) is 26.8. The number of rotatable bonds is 13. The molecule has 1 amide bonds. The summed E-state index contributed by atoms with van der Waals surface area (Å²) in [5.74, 6) is 0.916. The molecule has 1 aliphatic rings. The van der Waals surface area contributed by atoms with E-state index in [1.54, 1.807) is 58.4 Å². The van der Waals surface area contributed by atoms with E-state index in [2.05, 4.69) is 10.3 Å². The Morgan fingerprint density at radius 2 is 1.42 bits per heavy atom. The average Bonchev–Trinajstić information content (AvgIpc) is 3.46. The lowest BCUT2D eigenvalue weighted by Crippen LogP contribution is -2.56. The molecule has 1 saturated heterocycles. The molecular formula is C41H43N3O9. The summed E-state index contributed by atoms with van der Waals surface area (Å²) in [7, 11) is 4.57. The Hall–Kier alpha value is -5.37. The molecule has 12 heteroatoms. The Labute approximate surface area is 307 Å². The standard InChI is InChI=1S/C41H43N3O9/c1-26-24-44(39(47)43-36(26)42-37(46)28-12-8-6-9-13-28)38-40(48,27(2)49-3)35(45)34(53-38)25-52-41(29-14-10-7-11-15-29,30-16-20-32(50-4)21-17-30)31-18-22-33(51-5)23-19-31/h6-24,27,34-35,38,45,48H,25H2,1-5H3,(H,42,43,46,47)/t27?,34-,35-,38-,40-/m1/s1. The molecule has 276 valence electrons. The highest BCUT2D eigenvalue weighted by atomic mass is 16.6. The number of aromatic nitrogens is 2. The SMILES string of the molecule is COc1ccc(C(OC[C@H]2O[C@@H](n3cc(C)c(NC(=O)c4ccccc4)nc3=O)[C@@](O)(C(C)OC)[C@@H]2O)(c2ccccc2)c2ccc(OC)cc2)cc1. The zero-order valence-corrected chi connectivity index (χ0v) is 30.1. The van der Waals surface area contributed by atoms with E-state index in [4.69, 9.17) is 23.7 Å². The van der Waals surface area contributed by atoms with Crippen molar-refractivity contribution in [2.75, 3.05) is 33.3 Å². The molecule has 5 atom stereocenters. The maximum atomic E-state index is 13.6. The van der Waals surface area contributed by atoms with Gasteiger partial charge in [0.25, 0.3) is 5.91 Å². The van der Waals surface area contributed by atoms with Gasteiger partial charge in [-0.25, -0.2) is 4.79 Å². The number of hydrogen-bond acceptors (Lipinski definition) is 10. The van der Waals surface area contributed by atoms with Crippen LogP contribution in [0.15, 0.2) is 120 Å². The van der Waals surface area contributed by atoms with Crippen molar-refractivity contribution >= 4 is 11.7 Å². The van der Waals surface area contributed by atoms with E-state index >= 15 is 0 Å². The molecule has 1 aromatic heterocycles. The second kappa shape index (κ2) is 15.7. The first-order chi connectivity index (χ1) is 25.6. The number of anilines is 1. The number of aryl methyl sites for hydroxylation is 1. The van der Waals surface area contributed by atoms with Crippen molar-refractivity contribution in [1.82, 2.24) is 9.55 Å². The zero-order valence-electron chi connectivity index (χ0n) is 30.1. The van der Waals surface area contributed by atoms with Gasteiger partial charge in [0, 0.05) is 24.4 Å². The molecule has 3 N–H and O–H groups in total. The second-order valence-electron chi connectivity index (χ2n) is 12.8. The van der Waals surface area contributed by atoms with Crippen LogP contribution in [-0.2, 0) is 19.8 Å². The molecule has 6 rings (SSSR count). The van der Waals surface area contributed by atoms with Crippen molar-refractivity contribution < 1.29 is 38.7 Å². The number of nitrogens with one attached hydrogen (secondary N) is 1. The summed E-state index contributed by atoms with van der Waals surface area (Å²) >= 11 is 0. The third-order valence-electron chi connectivity index (χ3n) is 9.82. The Kier molecular flexibility index (Phi) is 11.1. The van der Waals surface area contributed by atoms with Crippen LogP contribution in [0.1, 0.15) is 45.8 Å². The minimum atomic E-state index is -2.13.